The summed E-state index contributed by atoms with van der Waals surface area (Å²) in [5.41, 5.74) is 4.71. The third-order valence-corrected chi connectivity index (χ3v) is 4.03. The van der Waals surface area contributed by atoms with Crippen molar-refractivity contribution in [3.63, 3.8) is 0 Å². The van der Waals surface area contributed by atoms with Crippen molar-refractivity contribution in [2.75, 3.05) is 25.1 Å². The Kier molecular flexibility index (Phi) is 5.34. The van der Waals surface area contributed by atoms with Crippen molar-refractivity contribution in [3.05, 3.63) is 27.2 Å². The van der Waals surface area contributed by atoms with E-state index in [9.17, 15) is 0 Å². The Morgan fingerprint density at radius 2 is 1.74 bits per heavy atom. The van der Waals surface area contributed by atoms with Crippen LogP contribution in [0.2, 0.25) is 15.1 Å². The third-order valence-electron chi connectivity index (χ3n) is 3.21. The molecule has 1 saturated heterocycles. The van der Waals surface area contributed by atoms with Gasteiger partial charge in [-0.15, -0.1) is 0 Å². The monoisotopic (exact) mass is 319 g/mol. The molecule has 0 radical (unpaired) electrons. The summed E-state index contributed by atoms with van der Waals surface area (Å²) in [7, 11) is 0. The number of nitrogens with zero attached hydrogens (tertiary/aromatic N) is 2. The zero-order valence-electron chi connectivity index (χ0n) is 10.7. The normalized spacial score (nSPS) is 16.5. The van der Waals surface area contributed by atoms with Crippen LogP contribution in [0.4, 0.5) is 5.69 Å². The van der Waals surface area contributed by atoms with Gasteiger partial charge >= 0.3 is 0 Å². The van der Waals surface area contributed by atoms with Gasteiger partial charge in [0.15, 0.2) is 0 Å². The predicted molar refractivity (Wildman–Crippen MR) is 83.9 cm³/mol. The molecule has 0 aromatic heterocycles. The summed E-state index contributed by atoms with van der Waals surface area (Å²) < 4.78 is 0. The second-order valence-corrected chi connectivity index (χ2v) is 5.72. The van der Waals surface area contributed by atoms with Gasteiger partial charge in [0.1, 0.15) is 0 Å². The van der Waals surface area contributed by atoms with E-state index in [1.807, 2.05) is 0 Å². The molecular formula is C13H16Cl3N3. The molecule has 1 aliphatic rings. The van der Waals surface area contributed by atoms with Crippen LogP contribution in [0.3, 0.4) is 0 Å². The van der Waals surface area contributed by atoms with E-state index in [1.165, 1.54) is 0 Å². The number of rotatable bonds is 3. The summed E-state index contributed by atoms with van der Waals surface area (Å²) in [5.74, 6) is 0. The number of likely N-dealkylation sites (tertiary alicyclic amines) is 1. The van der Waals surface area contributed by atoms with Gasteiger partial charge in [-0.05, 0) is 18.7 Å². The van der Waals surface area contributed by atoms with Gasteiger partial charge < -0.3 is 4.90 Å². The van der Waals surface area contributed by atoms with Crippen LogP contribution in [0.5, 0.6) is 0 Å². The topological polar surface area (TPSA) is 27.6 Å². The molecule has 2 rings (SSSR count). The van der Waals surface area contributed by atoms with Crippen LogP contribution in [0, 0.1) is 0 Å². The molecule has 0 unspecified atom stereocenters. The zero-order chi connectivity index (χ0) is 13.8. The van der Waals surface area contributed by atoms with Gasteiger partial charge in [-0.1, -0.05) is 41.7 Å². The van der Waals surface area contributed by atoms with E-state index in [1.54, 1.807) is 12.1 Å². The van der Waals surface area contributed by atoms with Crippen LogP contribution in [0.15, 0.2) is 17.2 Å². The number of anilines is 1. The van der Waals surface area contributed by atoms with Crippen LogP contribution in [-0.4, -0.2) is 30.2 Å². The van der Waals surface area contributed by atoms with Gasteiger partial charge in [0.05, 0.1) is 15.7 Å². The fraction of sp³-hybridized carbons (Fsp3) is 0.462. The van der Waals surface area contributed by atoms with Crippen molar-refractivity contribution in [2.45, 2.75) is 19.8 Å². The first kappa shape index (κ1) is 14.9. The fourth-order valence-electron chi connectivity index (χ4n) is 2.02. The van der Waals surface area contributed by atoms with E-state index in [0.717, 1.165) is 38.2 Å². The molecule has 1 aliphatic heterocycles. The third kappa shape index (κ3) is 3.99. The van der Waals surface area contributed by atoms with E-state index in [0.29, 0.717) is 20.8 Å². The molecule has 1 fully saturated rings. The summed E-state index contributed by atoms with van der Waals surface area (Å²) in [5, 5.41) is 5.88. The molecule has 0 aliphatic carbocycles. The summed E-state index contributed by atoms with van der Waals surface area (Å²) >= 11 is 18.0. The minimum absolute atomic E-state index is 0.479. The number of hydrazone groups is 1. The summed E-state index contributed by atoms with van der Waals surface area (Å²) in [4.78, 5) is 2.40. The van der Waals surface area contributed by atoms with Gasteiger partial charge in [-0.3, -0.25) is 5.43 Å². The second-order valence-electron chi connectivity index (χ2n) is 4.47. The molecule has 0 atom stereocenters. The van der Waals surface area contributed by atoms with E-state index >= 15 is 0 Å². The number of halogens is 3. The lowest BCUT2D eigenvalue weighted by Gasteiger charge is -2.25. The molecule has 19 heavy (non-hydrogen) atoms. The summed E-state index contributed by atoms with van der Waals surface area (Å²) in [6.07, 6.45) is 1.95. The lowest BCUT2D eigenvalue weighted by molar-refractivity contribution is 0.289. The number of nitrogens with one attached hydrogen (secondary N) is 1. The maximum atomic E-state index is 6.09. The van der Waals surface area contributed by atoms with Crippen LogP contribution < -0.4 is 5.43 Å². The van der Waals surface area contributed by atoms with Crippen LogP contribution in [0.25, 0.3) is 0 Å². The molecule has 104 valence electrons. The van der Waals surface area contributed by atoms with E-state index in [2.05, 4.69) is 22.4 Å². The average Bonchev–Trinajstić information content (AvgIpc) is 2.38. The molecule has 0 bridgehead atoms. The quantitative estimate of drug-likeness (QED) is 0.829. The van der Waals surface area contributed by atoms with Gasteiger partial charge in [0.25, 0.3) is 0 Å². The molecule has 0 spiro atoms. The maximum Gasteiger partial charge on any atom is 0.0935 e. The first-order valence-corrected chi connectivity index (χ1v) is 7.42. The highest BCUT2D eigenvalue weighted by Gasteiger charge is 2.14. The SMILES string of the molecule is CCN1CCC(=NNc2c(Cl)cc(Cl)cc2Cl)CC1. The molecule has 0 amide bonds. The van der Waals surface area contributed by atoms with Gasteiger partial charge in [-0.2, -0.15) is 5.10 Å². The lowest BCUT2D eigenvalue weighted by atomic mass is 10.1. The van der Waals surface area contributed by atoms with Crippen LogP contribution >= 0.6 is 34.8 Å². The second kappa shape index (κ2) is 6.80. The minimum Gasteiger partial charge on any atom is -0.303 e. The highest BCUT2D eigenvalue weighted by molar-refractivity contribution is 6.41. The Bertz CT molecular complexity index is 455. The lowest BCUT2D eigenvalue weighted by Crippen LogP contribution is -2.33. The molecule has 1 N–H and O–H groups in total. The van der Waals surface area contributed by atoms with Crippen molar-refractivity contribution >= 4 is 46.2 Å². The van der Waals surface area contributed by atoms with Crippen LogP contribution in [0.1, 0.15) is 19.8 Å². The van der Waals surface area contributed by atoms with E-state index in [4.69, 9.17) is 34.8 Å². The standard InChI is InChI=1S/C13H16Cl3N3/c1-2-19-5-3-10(4-6-19)17-18-13-11(15)7-9(14)8-12(13)16/h7-8,18H,2-6H2,1H3. The average molecular weight is 321 g/mol. The first-order valence-electron chi connectivity index (χ1n) is 6.28. The number of hydrogen-bond acceptors (Lipinski definition) is 3. The largest absolute Gasteiger partial charge is 0.303 e. The Balaban J connectivity index is 2.03. The molecule has 1 aromatic carbocycles. The van der Waals surface area contributed by atoms with Gasteiger partial charge in [0, 0.05) is 36.7 Å². The van der Waals surface area contributed by atoms with Crippen molar-refractivity contribution in [1.29, 1.82) is 0 Å². The van der Waals surface area contributed by atoms with Crippen molar-refractivity contribution < 1.29 is 0 Å². The Morgan fingerprint density at radius 1 is 1.16 bits per heavy atom. The zero-order valence-corrected chi connectivity index (χ0v) is 13.0. The Morgan fingerprint density at radius 3 is 2.26 bits per heavy atom. The molecular weight excluding hydrogens is 305 g/mol. The molecule has 6 heteroatoms. The predicted octanol–water partition coefficient (Wildman–Crippen LogP) is 4.53. The van der Waals surface area contributed by atoms with Gasteiger partial charge in [0.2, 0.25) is 0 Å². The van der Waals surface area contributed by atoms with Crippen LogP contribution in [-0.2, 0) is 0 Å². The van der Waals surface area contributed by atoms with Crippen molar-refractivity contribution in [1.82, 2.24) is 4.90 Å². The first-order chi connectivity index (χ1) is 9.10. The van der Waals surface area contributed by atoms with Crippen molar-refractivity contribution in [2.24, 2.45) is 5.10 Å². The van der Waals surface area contributed by atoms with Crippen molar-refractivity contribution in [3.8, 4) is 0 Å². The fourth-order valence-corrected chi connectivity index (χ4v) is 2.92. The smallest absolute Gasteiger partial charge is 0.0935 e. The molecule has 0 saturated carbocycles. The molecule has 1 aromatic rings. The maximum absolute atomic E-state index is 6.09. The highest BCUT2D eigenvalue weighted by Crippen LogP contribution is 2.33. The Labute approximate surface area is 128 Å². The van der Waals surface area contributed by atoms with Gasteiger partial charge in [-0.25, -0.2) is 0 Å². The Hall–Kier alpha value is -0.480. The van der Waals surface area contributed by atoms with E-state index in [-0.39, 0.29) is 0 Å². The molecule has 3 nitrogen and oxygen atoms in total. The number of piperidine rings is 1. The number of benzene rings is 1. The highest BCUT2D eigenvalue weighted by atomic mass is 35.5. The summed E-state index contributed by atoms with van der Waals surface area (Å²) in [6, 6.07) is 3.30. The minimum atomic E-state index is 0.479. The summed E-state index contributed by atoms with van der Waals surface area (Å²) in [6.45, 7) is 5.38. The number of hydrogen-bond donors (Lipinski definition) is 1. The molecule has 1 heterocycles. The van der Waals surface area contributed by atoms with E-state index < -0.39 is 0 Å².